The number of fused-ring (bicyclic) bond motifs is 1. The number of esters is 1. The highest BCUT2D eigenvalue weighted by atomic mass is 19.1. The van der Waals surface area contributed by atoms with Crippen molar-refractivity contribution in [3.8, 4) is 5.75 Å². The molecule has 1 saturated carbocycles. The predicted octanol–water partition coefficient (Wildman–Crippen LogP) is 6.32. The first-order valence-electron chi connectivity index (χ1n) is 10.7. The largest absolute Gasteiger partial charge is 0.423 e. The van der Waals surface area contributed by atoms with Crippen LogP contribution in [0.25, 0.3) is 0 Å². The van der Waals surface area contributed by atoms with Crippen LogP contribution < -0.4 is 4.74 Å². The Morgan fingerprint density at radius 3 is 2.36 bits per heavy atom. The second-order valence-electron chi connectivity index (χ2n) is 8.52. The first kappa shape index (κ1) is 19.2. The van der Waals surface area contributed by atoms with Crippen LogP contribution in [-0.4, -0.2) is 5.97 Å². The minimum Gasteiger partial charge on any atom is -0.423 e. The van der Waals surface area contributed by atoms with Gasteiger partial charge in [0.05, 0.1) is 5.92 Å². The molecular formula is C25H29FO2. The van der Waals surface area contributed by atoms with Gasteiger partial charge in [-0.25, -0.2) is 4.39 Å². The Morgan fingerprint density at radius 1 is 1.00 bits per heavy atom. The molecule has 2 aromatic carbocycles. The van der Waals surface area contributed by atoms with Crippen LogP contribution in [0.1, 0.15) is 80.0 Å². The highest BCUT2D eigenvalue weighted by molar-refractivity contribution is 5.77. The molecule has 0 spiro atoms. The monoisotopic (exact) mass is 380 g/mol. The van der Waals surface area contributed by atoms with E-state index in [4.69, 9.17) is 4.74 Å². The fourth-order valence-electron chi connectivity index (χ4n) is 4.79. The Hall–Kier alpha value is -2.16. The zero-order valence-corrected chi connectivity index (χ0v) is 16.8. The van der Waals surface area contributed by atoms with Gasteiger partial charge in [-0.3, -0.25) is 4.79 Å². The van der Waals surface area contributed by atoms with E-state index in [1.165, 1.54) is 17.5 Å². The smallest absolute Gasteiger partial charge is 0.314 e. The predicted molar refractivity (Wildman–Crippen MR) is 109 cm³/mol. The van der Waals surface area contributed by atoms with E-state index in [9.17, 15) is 4.79 Å². The van der Waals surface area contributed by atoms with Gasteiger partial charge in [0, 0.05) is 0 Å². The number of hydrogen-bond acceptors (Lipinski definition) is 2. The number of hydrogen-bond donors (Lipinski definition) is 0. The lowest BCUT2D eigenvalue weighted by atomic mass is 9.75. The summed E-state index contributed by atoms with van der Waals surface area (Å²) in [5.74, 6) is 0.111. The van der Waals surface area contributed by atoms with E-state index in [1.807, 2.05) is 19.1 Å². The van der Waals surface area contributed by atoms with Crippen molar-refractivity contribution in [1.82, 2.24) is 0 Å². The third-order valence-electron chi connectivity index (χ3n) is 6.50. The SMILES string of the molecule is CCCc1ccc(C2CCC(c3ccc4c(c3F)OC(=O)C(C)C4)CC2)cc1. The van der Waals surface area contributed by atoms with E-state index < -0.39 is 0 Å². The maximum absolute atomic E-state index is 15.1. The van der Waals surface area contributed by atoms with Gasteiger partial charge in [0.25, 0.3) is 0 Å². The molecule has 0 bridgehead atoms. The van der Waals surface area contributed by atoms with E-state index in [2.05, 4.69) is 31.2 Å². The summed E-state index contributed by atoms with van der Waals surface area (Å²) in [6.07, 6.45) is 6.96. The number of ether oxygens (including phenoxy) is 1. The molecule has 0 amide bonds. The van der Waals surface area contributed by atoms with E-state index in [0.717, 1.165) is 43.2 Å². The number of carbonyl (C=O) groups is 1. The fourth-order valence-corrected chi connectivity index (χ4v) is 4.79. The van der Waals surface area contributed by atoms with Gasteiger partial charge in [0.15, 0.2) is 11.6 Å². The Morgan fingerprint density at radius 2 is 1.68 bits per heavy atom. The summed E-state index contributed by atoms with van der Waals surface area (Å²) in [5, 5.41) is 0. The van der Waals surface area contributed by atoms with Crippen LogP contribution in [0.2, 0.25) is 0 Å². The van der Waals surface area contributed by atoms with Crippen LogP contribution in [0.3, 0.4) is 0 Å². The zero-order valence-electron chi connectivity index (χ0n) is 16.8. The molecule has 4 rings (SSSR count). The van der Waals surface area contributed by atoms with Gasteiger partial charge in [-0.05, 0) is 72.6 Å². The van der Waals surface area contributed by atoms with Gasteiger partial charge in [0.2, 0.25) is 0 Å². The molecule has 148 valence electrons. The normalized spacial score (nSPS) is 24.5. The van der Waals surface area contributed by atoms with Crippen molar-refractivity contribution in [3.63, 3.8) is 0 Å². The summed E-state index contributed by atoms with van der Waals surface area (Å²) in [5.41, 5.74) is 4.35. The van der Waals surface area contributed by atoms with Crippen molar-refractivity contribution in [2.45, 2.75) is 70.6 Å². The van der Waals surface area contributed by atoms with Crippen LogP contribution in [0, 0.1) is 11.7 Å². The van der Waals surface area contributed by atoms with Gasteiger partial charge in [0.1, 0.15) is 0 Å². The second-order valence-corrected chi connectivity index (χ2v) is 8.52. The number of aryl methyl sites for hydroxylation is 1. The molecule has 2 aromatic rings. The number of halogens is 1. The summed E-state index contributed by atoms with van der Waals surface area (Å²) >= 11 is 0. The molecule has 3 heteroatoms. The summed E-state index contributed by atoms with van der Waals surface area (Å²) in [6, 6.07) is 12.9. The van der Waals surface area contributed by atoms with E-state index in [-0.39, 0.29) is 29.4 Å². The minimum atomic E-state index is -0.321. The summed E-state index contributed by atoms with van der Waals surface area (Å²) < 4.78 is 20.4. The van der Waals surface area contributed by atoms with E-state index >= 15 is 4.39 Å². The summed E-state index contributed by atoms with van der Waals surface area (Å²) in [7, 11) is 0. The minimum absolute atomic E-state index is 0.175. The first-order valence-corrected chi connectivity index (χ1v) is 10.7. The molecule has 1 heterocycles. The maximum Gasteiger partial charge on any atom is 0.314 e. The van der Waals surface area contributed by atoms with E-state index in [0.29, 0.717) is 12.3 Å². The molecule has 28 heavy (non-hydrogen) atoms. The van der Waals surface area contributed by atoms with Crippen molar-refractivity contribution in [3.05, 3.63) is 64.5 Å². The molecule has 1 fully saturated rings. The van der Waals surface area contributed by atoms with Gasteiger partial charge in [-0.1, -0.05) is 56.7 Å². The molecule has 0 N–H and O–H groups in total. The number of rotatable bonds is 4. The third kappa shape index (κ3) is 3.72. The highest BCUT2D eigenvalue weighted by Crippen LogP contribution is 2.43. The van der Waals surface area contributed by atoms with Gasteiger partial charge < -0.3 is 4.74 Å². The fraction of sp³-hybridized carbons (Fsp3) is 0.480. The molecule has 2 nitrogen and oxygen atoms in total. The lowest BCUT2D eigenvalue weighted by molar-refractivity contribution is -0.139. The van der Waals surface area contributed by atoms with E-state index in [1.54, 1.807) is 0 Å². The molecular weight excluding hydrogens is 351 g/mol. The first-order chi connectivity index (χ1) is 13.6. The maximum atomic E-state index is 15.1. The Balaban J connectivity index is 1.45. The molecule has 1 aliphatic heterocycles. The number of carbonyl (C=O) groups excluding carboxylic acids is 1. The van der Waals surface area contributed by atoms with Crippen molar-refractivity contribution in [1.29, 1.82) is 0 Å². The second kappa shape index (κ2) is 8.06. The Bertz CT molecular complexity index is 848. The van der Waals surface area contributed by atoms with Gasteiger partial charge >= 0.3 is 5.97 Å². The lowest BCUT2D eigenvalue weighted by Gasteiger charge is -2.30. The molecule has 2 aliphatic rings. The van der Waals surface area contributed by atoms with Crippen molar-refractivity contribution in [2.24, 2.45) is 5.92 Å². The zero-order chi connectivity index (χ0) is 19.7. The van der Waals surface area contributed by atoms with Crippen LogP contribution in [0.5, 0.6) is 5.75 Å². The molecule has 0 radical (unpaired) electrons. The van der Waals surface area contributed by atoms with Crippen LogP contribution >= 0.6 is 0 Å². The summed E-state index contributed by atoms with van der Waals surface area (Å²) in [6.45, 7) is 4.03. The van der Waals surface area contributed by atoms with Crippen molar-refractivity contribution < 1.29 is 13.9 Å². The van der Waals surface area contributed by atoms with Crippen LogP contribution in [0.15, 0.2) is 36.4 Å². The Kier molecular flexibility index (Phi) is 5.52. The van der Waals surface area contributed by atoms with Gasteiger partial charge in [-0.15, -0.1) is 0 Å². The molecule has 1 unspecified atom stereocenters. The molecule has 0 aromatic heterocycles. The molecule has 0 saturated heterocycles. The lowest BCUT2D eigenvalue weighted by Crippen LogP contribution is -2.26. The van der Waals surface area contributed by atoms with Crippen LogP contribution in [-0.2, 0) is 17.6 Å². The standard InChI is InChI=1S/C25H29FO2/c1-3-4-17-5-7-18(8-6-17)19-9-11-20(12-10-19)22-14-13-21-15-16(2)25(27)28-24(21)23(22)26/h5-8,13-14,16,19-20H,3-4,9-12,15H2,1-2H3. The van der Waals surface area contributed by atoms with Gasteiger partial charge in [-0.2, -0.15) is 0 Å². The third-order valence-corrected chi connectivity index (χ3v) is 6.50. The number of benzene rings is 2. The average molecular weight is 381 g/mol. The van der Waals surface area contributed by atoms with Crippen molar-refractivity contribution >= 4 is 5.97 Å². The molecule has 1 atom stereocenters. The highest BCUT2D eigenvalue weighted by Gasteiger charge is 2.31. The van der Waals surface area contributed by atoms with Crippen LogP contribution in [0.4, 0.5) is 4.39 Å². The summed E-state index contributed by atoms with van der Waals surface area (Å²) in [4.78, 5) is 11.9. The van der Waals surface area contributed by atoms with Crippen molar-refractivity contribution in [2.75, 3.05) is 0 Å². The topological polar surface area (TPSA) is 26.3 Å². The quantitative estimate of drug-likeness (QED) is 0.458. The Labute approximate surface area is 167 Å². The average Bonchev–Trinajstić information content (AvgIpc) is 2.71. The molecule has 1 aliphatic carbocycles.